The number of hydrogen-bond acceptors (Lipinski definition) is 5. The van der Waals surface area contributed by atoms with Gasteiger partial charge in [0, 0.05) is 12.6 Å². The molecule has 0 unspecified atom stereocenters. The number of hydrogen-bond donors (Lipinski definition) is 2. The molecule has 2 atom stereocenters. The number of β-lactam (4-membered cyclic amide) rings is 1. The van der Waals surface area contributed by atoms with Gasteiger partial charge in [0.15, 0.2) is 0 Å². The van der Waals surface area contributed by atoms with E-state index in [1.807, 2.05) is 0 Å². The summed E-state index contributed by atoms with van der Waals surface area (Å²) in [4.78, 5) is 25.3. The van der Waals surface area contributed by atoms with Crippen LogP contribution >= 0.6 is 0 Å². The molecule has 2 fully saturated rings. The van der Waals surface area contributed by atoms with Gasteiger partial charge in [-0.15, -0.1) is 0 Å². The second-order valence-corrected chi connectivity index (χ2v) is 6.66. The second-order valence-electron chi connectivity index (χ2n) is 5.37. The van der Waals surface area contributed by atoms with E-state index in [9.17, 15) is 23.1 Å². The van der Waals surface area contributed by atoms with E-state index in [1.165, 1.54) is 23.1 Å². The summed E-state index contributed by atoms with van der Waals surface area (Å²) in [6, 6.07) is 4.68. The molecule has 24 heavy (non-hydrogen) atoms. The Hall–Kier alpha value is -1.39. The summed E-state index contributed by atoms with van der Waals surface area (Å²) in [6.07, 6.45) is 3.13. The zero-order valence-electron chi connectivity index (χ0n) is 11.9. The van der Waals surface area contributed by atoms with Crippen LogP contribution < -0.4 is 0 Å². The first-order valence-electron chi connectivity index (χ1n) is 6.87. The van der Waals surface area contributed by atoms with Gasteiger partial charge in [0.25, 0.3) is 5.91 Å². The number of carbonyl (C=O) groups excluding carboxylic acids is 2. The Morgan fingerprint density at radius 1 is 1.25 bits per heavy atom. The fourth-order valence-corrected chi connectivity index (χ4v) is 3.81. The third-order valence-electron chi connectivity index (χ3n) is 3.98. The van der Waals surface area contributed by atoms with Crippen LogP contribution in [-0.4, -0.2) is 87.3 Å². The summed E-state index contributed by atoms with van der Waals surface area (Å²) < 4.78 is 31.6. The zero-order valence-corrected chi connectivity index (χ0v) is 12.7. The summed E-state index contributed by atoms with van der Waals surface area (Å²) in [7, 11) is -4.57. The van der Waals surface area contributed by atoms with Crippen LogP contribution in [-0.2, 0) is 19.9 Å². The van der Waals surface area contributed by atoms with Gasteiger partial charge in [0.1, 0.15) is 11.8 Å². The molecule has 2 amide bonds. The van der Waals surface area contributed by atoms with Crippen LogP contribution in [0.3, 0.4) is 0 Å². The zero-order chi connectivity index (χ0) is 16.8. The van der Waals surface area contributed by atoms with Crippen molar-refractivity contribution >= 4 is 57.8 Å². The molecule has 0 bridgehead atoms. The van der Waals surface area contributed by atoms with E-state index < -0.39 is 34.2 Å². The van der Waals surface area contributed by atoms with E-state index in [-0.39, 0.29) is 41.9 Å². The van der Waals surface area contributed by atoms with Crippen molar-refractivity contribution in [2.45, 2.75) is 18.5 Å². The van der Waals surface area contributed by atoms with Crippen LogP contribution in [0.4, 0.5) is 0 Å². The molecule has 2 aliphatic rings. The molecular weight excluding hydrogens is 347 g/mol. The number of carbonyl (C=O) groups is 2. The predicted octanol–water partition coefficient (Wildman–Crippen LogP) is -0.629. The molecule has 10 heteroatoms. The van der Waals surface area contributed by atoms with Gasteiger partial charge in [0.05, 0.1) is 6.04 Å². The number of phenols is 1. The van der Waals surface area contributed by atoms with E-state index in [0.717, 1.165) is 0 Å². The summed E-state index contributed by atoms with van der Waals surface area (Å²) >= 11 is 0. The van der Waals surface area contributed by atoms with Crippen molar-refractivity contribution in [2.24, 2.45) is 0 Å². The van der Waals surface area contributed by atoms with E-state index in [0.29, 0.717) is 16.3 Å². The molecule has 2 N–H and O–H groups in total. The quantitative estimate of drug-likeness (QED) is 0.320. The number of benzene rings is 1. The molecule has 0 aliphatic carbocycles. The third-order valence-corrected chi connectivity index (χ3v) is 4.93. The van der Waals surface area contributed by atoms with Gasteiger partial charge in [0.2, 0.25) is 5.91 Å². The summed E-state index contributed by atoms with van der Waals surface area (Å²) in [6.45, 7) is 0.242. The standard InChI is InChI=1S/C14H14N2O6S.Na.H/c17-10-4-1-9(2-5-10)3-6-12(18)15-8-7-11-13(15)14(19)16(11)23(20,21)22;;/h1-6,11,13,17H,7-8H2,(H,20,21,22);;/b6-3+;;/t11-,13+;;/m1../s1. The topological polar surface area (TPSA) is 115 Å². The normalized spacial score (nSPS) is 23.0. The van der Waals surface area contributed by atoms with Crippen LogP contribution in [0, 0.1) is 0 Å². The molecule has 8 nitrogen and oxygen atoms in total. The van der Waals surface area contributed by atoms with E-state index in [1.54, 1.807) is 18.2 Å². The molecule has 3 rings (SSSR count). The number of amides is 2. The Balaban J connectivity index is 0.00000208. The van der Waals surface area contributed by atoms with Crippen LogP contribution in [0.2, 0.25) is 0 Å². The number of fused-ring (bicyclic) bond motifs is 1. The van der Waals surface area contributed by atoms with Crippen molar-refractivity contribution in [1.29, 1.82) is 0 Å². The molecule has 0 aromatic heterocycles. The van der Waals surface area contributed by atoms with Gasteiger partial charge < -0.3 is 10.0 Å². The average Bonchev–Trinajstić information content (AvgIpc) is 2.83. The summed E-state index contributed by atoms with van der Waals surface area (Å²) in [5, 5.41) is 9.19. The van der Waals surface area contributed by atoms with E-state index in [2.05, 4.69) is 0 Å². The van der Waals surface area contributed by atoms with Gasteiger partial charge >= 0.3 is 39.9 Å². The minimum atomic E-state index is -4.57. The van der Waals surface area contributed by atoms with Crippen molar-refractivity contribution in [3.63, 3.8) is 0 Å². The predicted molar refractivity (Wildman–Crippen MR) is 86.6 cm³/mol. The monoisotopic (exact) mass is 362 g/mol. The second kappa shape index (κ2) is 6.85. The molecule has 2 heterocycles. The van der Waals surface area contributed by atoms with Crippen molar-refractivity contribution < 1.29 is 27.7 Å². The SMILES string of the molecule is O=C(/C=C/c1ccc(O)cc1)N1CC[C@@H]2[C@H]1C(=O)N2S(=O)(=O)O.[NaH]. The number of aromatic hydroxyl groups is 1. The Labute approximate surface area is 160 Å². The van der Waals surface area contributed by atoms with Crippen LogP contribution in [0.5, 0.6) is 5.75 Å². The Kier molecular flexibility index (Phi) is 5.41. The molecule has 2 aliphatic heterocycles. The maximum absolute atomic E-state index is 12.2. The van der Waals surface area contributed by atoms with Gasteiger partial charge in [-0.05, 0) is 30.2 Å². The van der Waals surface area contributed by atoms with Crippen LogP contribution in [0.15, 0.2) is 30.3 Å². The van der Waals surface area contributed by atoms with Crippen LogP contribution in [0.1, 0.15) is 12.0 Å². The first-order valence-corrected chi connectivity index (χ1v) is 8.27. The first kappa shape index (κ1) is 18.9. The molecule has 0 radical (unpaired) electrons. The molecule has 1 aromatic carbocycles. The summed E-state index contributed by atoms with van der Waals surface area (Å²) in [5.41, 5.74) is 0.700. The molecule has 0 saturated carbocycles. The summed E-state index contributed by atoms with van der Waals surface area (Å²) in [5.74, 6) is -1.09. The average molecular weight is 362 g/mol. The minimum absolute atomic E-state index is 0. The van der Waals surface area contributed by atoms with Crippen molar-refractivity contribution in [3.8, 4) is 5.75 Å². The Bertz CT molecular complexity index is 792. The van der Waals surface area contributed by atoms with Gasteiger partial charge in [-0.2, -0.15) is 8.42 Å². The third kappa shape index (κ3) is 3.35. The number of rotatable bonds is 3. The number of phenolic OH excluding ortho intramolecular Hbond substituents is 1. The van der Waals surface area contributed by atoms with E-state index >= 15 is 0 Å². The van der Waals surface area contributed by atoms with Crippen molar-refractivity contribution in [2.75, 3.05) is 6.54 Å². The van der Waals surface area contributed by atoms with Crippen molar-refractivity contribution in [1.82, 2.24) is 9.21 Å². The fraction of sp³-hybridized carbons (Fsp3) is 0.286. The van der Waals surface area contributed by atoms with Crippen LogP contribution in [0.25, 0.3) is 6.08 Å². The molecule has 2 saturated heterocycles. The molecule has 0 spiro atoms. The fourth-order valence-electron chi connectivity index (χ4n) is 2.91. The van der Waals surface area contributed by atoms with Gasteiger partial charge in [-0.25, -0.2) is 4.31 Å². The number of nitrogens with zero attached hydrogens (tertiary/aromatic N) is 2. The molecular formula is C14H15N2NaO6S. The molecule has 124 valence electrons. The van der Waals surface area contributed by atoms with Crippen molar-refractivity contribution in [3.05, 3.63) is 35.9 Å². The molecule has 1 aromatic rings. The first-order chi connectivity index (χ1) is 10.8. The van der Waals surface area contributed by atoms with Gasteiger partial charge in [-0.1, -0.05) is 12.1 Å². The van der Waals surface area contributed by atoms with Gasteiger partial charge in [-0.3, -0.25) is 14.1 Å². The van der Waals surface area contributed by atoms with E-state index in [4.69, 9.17) is 4.55 Å². The Morgan fingerprint density at radius 2 is 1.88 bits per heavy atom. The maximum atomic E-state index is 12.2. The number of likely N-dealkylation sites (tertiary alicyclic amines) is 1. The Morgan fingerprint density at radius 3 is 2.46 bits per heavy atom.